The van der Waals surface area contributed by atoms with Crippen molar-refractivity contribution >= 4 is 45.1 Å². The Morgan fingerprint density at radius 1 is 1.03 bits per heavy atom. The van der Waals surface area contributed by atoms with Crippen LogP contribution in [0, 0.1) is 12.8 Å². The van der Waals surface area contributed by atoms with Gasteiger partial charge in [0, 0.05) is 38.0 Å². The van der Waals surface area contributed by atoms with Crippen LogP contribution in [0.4, 0.5) is 4.79 Å². The number of alkyl carbamates (subject to hydrolysis) is 1. The zero-order valence-electron chi connectivity index (χ0n) is 34.7. The molecule has 15 nitrogen and oxygen atoms in total. The molecule has 1 saturated heterocycles. The molecule has 3 aliphatic rings. The summed E-state index contributed by atoms with van der Waals surface area (Å²) in [4.78, 5) is 62.5. The van der Waals surface area contributed by atoms with Crippen LogP contribution in [-0.2, 0) is 29.3 Å². The Morgan fingerprint density at radius 3 is 2.45 bits per heavy atom. The highest BCUT2D eigenvalue weighted by Crippen LogP contribution is 2.46. The van der Waals surface area contributed by atoms with Gasteiger partial charge in [-0.05, 0) is 84.4 Å². The van der Waals surface area contributed by atoms with Gasteiger partial charge < -0.3 is 25.0 Å². The summed E-state index contributed by atoms with van der Waals surface area (Å²) in [6, 6.07) is 12.2. The smallest absolute Gasteiger partial charge is 0.408 e. The minimum Gasteiger partial charge on any atom is -0.459 e. The molecule has 1 aliphatic carbocycles. The lowest BCUT2D eigenvalue weighted by molar-refractivity contribution is -0.141. The first kappa shape index (κ1) is 42.6. The summed E-state index contributed by atoms with van der Waals surface area (Å²) in [5, 5.41) is 5.64. The largest absolute Gasteiger partial charge is 0.459 e. The second-order valence-corrected chi connectivity index (χ2v) is 19.0. The lowest BCUT2D eigenvalue weighted by Gasteiger charge is -2.30. The van der Waals surface area contributed by atoms with E-state index in [4.69, 9.17) is 14.5 Å². The molecule has 314 valence electrons. The third kappa shape index (κ3) is 9.17. The van der Waals surface area contributed by atoms with Gasteiger partial charge in [0.2, 0.25) is 11.8 Å². The molecule has 6 rings (SSSR count). The van der Waals surface area contributed by atoms with E-state index in [-0.39, 0.29) is 25.4 Å². The van der Waals surface area contributed by atoms with Crippen molar-refractivity contribution in [1.82, 2.24) is 34.1 Å². The first-order chi connectivity index (χ1) is 27.3. The number of carbonyl (C=O) groups excluding carboxylic acids is 4. The number of aromatic nitrogens is 2. The number of imidazole rings is 1. The van der Waals surface area contributed by atoms with Crippen molar-refractivity contribution in [3.05, 3.63) is 60.2 Å². The quantitative estimate of drug-likeness (QED) is 0.259. The number of benzene rings is 2. The average molecular weight is 820 g/mol. The van der Waals surface area contributed by atoms with E-state index >= 15 is 0 Å². The number of amides is 4. The number of nitrogens with one attached hydrogen (secondary N) is 3. The maximum Gasteiger partial charge on any atom is 0.408 e. The first-order valence-electron chi connectivity index (χ1n) is 20.1. The Kier molecular flexibility index (Phi) is 12.3. The molecule has 58 heavy (non-hydrogen) atoms. The molecule has 2 fully saturated rings. The van der Waals surface area contributed by atoms with E-state index in [1.165, 1.54) is 19.0 Å². The maximum atomic E-state index is 14.6. The number of carbonyl (C=O) groups is 4. The molecule has 3 heterocycles. The van der Waals surface area contributed by atoms with Gasteiger partial charge in [0.05, 0.1) is 12.1 Å². The summed E-state index contributed by atoms with van der Waals surface area (Å²) in [6.07, 6.45) is 5.66. The monoisotopic (exact) mass is 819 g/mol. The molecule has 16 heteroatoms. The van der Waals surface area contributed by atoms with Gasteiger partial charge in [0.1, 0.15) is 34.8 Å². The molecule has 3 aromatic rings. The summed E-state index contributed by atoms with van der Waals surface area (Å²) in [6.45, 7) is 11.3. The van der Waals surface area contributed by atoms with Crippen LogP contribution in [0.2, 0.25) is 0 Å². The minimum atomic E-state index is -4.18. The van der Waals surface area contributed by atoms with E-state index in [1.54, 1.807) is 20.8 Å². The molecule has 1 saturated carbocycles. The van der Waals surface area contributed by atoms with Gasteiger partial charge in [0.15, 0.2) is 0 Å². The first-order valence-corrected chi connectivity index (χ1v) is 21.5. The fraction of sp³-hybridized carbons (Fsp3) is 0.548. The summed E-state index contributed by atoms with van der Waals surface area (Å²) in [7, 11) is -1.58. The molecule has 3 N–H and O–H groups in total. The molecule has 0 spiro atoms. The highest BCUT2D eigenvalue weighted by molar-refractivity contribution is 7.87. The number of fused-ring (bicyclic) bond motifs is 3. The maximum absolute atomic E-state index is 14.6. The summed E-state index contributed by atoms with van der Waals surface area (Å²) in [5.41, 5.74) is 2.31. The molecule has 1 aromatic heterocycles. The van der Waals surface area contributed by atoms with Crippen LogP contribution in [-0.4, -0.2) is 101 Å². The molecule has 0 radical (unpaired) electrons. The van der Waals surface area contributed by atoms with Crippen LogP contribution in [0.1, 0.15) is 91.2 Å². The Balaban J connectivity index is 1.37. The fourth-order valence-electron chi connectivity index (χ4n) is 7.83. The third-order valence-corrected chi connectivity index (χ3v) is 12.4. The molecule has 2 aromatic carbocycles. The molecule has 0 unspecified atom stereocenters. The van der Waals surface area contributed by atoms with Gasteiger partial charge in [-0.2, -0.15) is 17.7 Å². The van der Waals surface area contributed by atoms with Gasteiger partial charge in [0.25, 0.3) is 11.9 Å². The zero-order chi connectivity index (χ0) is 42.2. The van der Waals surface area contributed by atoms with Crippen LogP contribution >= 0.6 is 0 Å². The van der Waals surface area contributed by atoms with E-state index < -0.39 is 69.3 Å². The number of aryl methyl sites for hydroxylation is 1. The fourth-order valence-corrected chi connectivity index (χ4v) is 8.43. The van der Waals surface area contributed by atoms with Crippen molar-refractivity contribution in [2.75, 3.05) is 20.6 Å². The number of hydrogen-bond donors (Lipinski definition) is 3. The predicted molar refractivity (Wildman–Crippen MR) is 220 cm³/mol. The van der Waals surface area contributed by atoms with Gasteiger partial charge in [-0.1, -0.05) is 61.4 Å². The Morgan fingerprint density at radius 2 is 1.76 bits per heavy atom. The number of ether oxygens (including phenoxy) is 2. The highest BCUT2D eigenvalue weighted by atomic mass is 32.2. The van der Waals surface area contributed by atoms with Crippen molar-refractivity contribution < 1.29 is 37.1 Å². The van der Waals surface area contributed by atoms with E-state index in [9.17, 15) is 27.6 Å². The Labute approximate surface area is 341 Å². The van der Waals surface area contributed by atoms with Gasteiger partial charge in [-0.25, -0.2) is 9.52 Å². The zero-order valence-corrected chi connectivity index (χ0v) is 35.5. The number of hydrogen-bond acceptors (Lipinski definition) is 9. The van der Waals surface area contributed by atoms with Crippen molar-refractivity contribution in [2.24, 2.45) is 5.92 Å². The van der Waals surface area contributed by atoms with Gasteiger partial charge in [-0.3, -0.25) is 19.0 Å². The second-order valence-electron chi connectivity index (χ2n) is 17.1. The molecular weight excluding hydrogens is 763 g/mol. The molecule has 2 aliphatic heterocycles. The number of para-hydroxylation sites is 1. The SMILES string of the molecule is Cc1ccccc1-c1cccc2c1nc(O[C@@H]1C[C@H]3C(=O)N[C@]4(C(=O)NS(=O)(=O)N(C)C)C[C@@H]4/C=C\CCCCC[C@H](NC(=O)OC(C)(C)C)C(=O)N3C1)n2C(C)C. The topological polar surface area (TPSA) is 181 Å². The third-order valence-electron chi connectivity index (χ3n) is 10.9. The van der Waals surface area contributed by atoms with Crippen LogP contribution in [0.3, 0.4) is 0 Å². The average Bonchev–Trinajstić information content (AvgIpc) is 3.46. The number of rotatable bonds is 8. The highest BCUT2D eigenvalue weighted by Gasteiger charge is 2.62. The normalized spacial score (nSPS) is 25.0. The predicted octanol–water partition coefficient (Wildman–Crippen LogP) is 5.15. The second kappa shape index (κ2) is 16.7. The van der Waals surface area contributed by atoms with Crippen LogP contribution < -0.4 is 20.1 Å². The van der Waals surface area contributed by atoms with E-state index in [0.717, 1.165) is 44.9 Å². The Hall–Kier alpha value is -4.96. The lowest BCUT2D eigenvalue weighted by Crippen LogP contribution is -2.58. The van der Waals surface area contributed by atoms with Crippen LogP contribution in [0.5, 0.6) is 6.01 Å². The van der Waals surface area contributed by atoms with Crippen molar-refractivity contribution in [1.29, 1.82) is 0 Å². The summed E-state index contributed by atoms with van der Waals surface area (Å²) >= 11 is 0. The minimum absolute atomic E-state index is 0.0209. The Bertz CT molecular complexity index is 2190. The molecule has 4 amide bonds. The van der Waals surface area contributed by atoms with Gasteiger partial charge >= 0.3 is 16.3 Å². The molecule has 0 bridgehead atoms. The van der Waals surface area contributed by atoms with E-state index in [1.807, 2.05) is 73.9 Å². The lowest BCUT2D eigenvalue weighted by atomic mass is 9.99. The molecular formula is C42H57N7O8S. The number of nitrogens with zero attached hydrogens (tertiary/aromatic N) is 4. The van der Waals surface area contributed by atoms with Crippen molar-refractivity contribution in [3.63, 3.8) is 0 Å². The van der Waals surface area contributed by atoms with Gasteiger partial charge in [-0.15, -0.1) is 0 Å². The van der Waals surface area contributed by atoms with E-state index in [0.29, 0.717) is 25.3 Å². The number of allylic oxidation sites excluding steroid dienone is 1. The van der Waals surface area contributed by atoms with Crippen LogP contribution in [0.15, 0.2) is 54.6 Å². The standard InChI is InChI=1S/C42H57N7O8S/c1-26(2)49-33-22-16-20-31(30-19-15-14-17-27(30)3)35(33)44-39(49)56-29-23-34-36(50)45-42(38(52)46-58(54,55)47(7)8)24-28(42)18-12-10-9-11-13-21-32(37(51)48(34)25-29)43-40(53)57-41(4,5)6/h12,14-20,22,26,28-29,32,34H,9-11,13,21,23-25H2,1-8H3,(H,43,53)(H,45,50)(H,46,52)/b18-12-/t28-,29+,32-,34-,42+/m0/s1. The van der Waals surface area contributed by atoms with Crippen molar-refractivity contribution in [3.8, 4) is 17.1 Å². The van der Waals surface area contributed by atoms with Crippen LogP contribution in [0.25, 0.3) is 22.2 Å². The summed E-state index contributed by atoms with van der Waals surface area (Å²) in [5.74, 6) is -2.47. The summed E-state index contributed by atoms with van der Waals surface area (Å²) < 4.78 is 42.8. The van der Waals surface area contributed by atoms with E-state index in [2.05, 4.69) is 21.4 Å². The molecule has 5 atom stereocenters. The van der Waals surface area contributed by atoms with Crippen molar-refractivity contribution in [2.45, 2.75) is 122 Å².